The molecule has 0 spiro atoms. The molecule has 1 amide bonds. The first-order valence-electron chi connectivity index (χ1n) is 43.1. The third kappa shape index (κ3) is 78.9. The predicted molar refractivity (Wildman–Crippen MR) is 613 cm³/mol. The van der Waals surface area contributed by atoms with Crippen LogP contribution in [0, 0.1) is 184 Å². The molecule has 0 bridgehead atoms. The van der Waals surface area contributed by atoms with Gasteiger partial charge in [0.05, 0.1) is 42.3 Å². The molecule has 0 saturated carbocycles. The van der Waals surface area contributed by atoms with Crippen molar-refractivity contribution in [3.05, 3.63) is 382 Å². The van der Waals surface area contributed by atoms with Crippen molar-refractivity contribution in [1.29, 1.82) is 26.3 Å². The van der Waals surface area contributed by atoms with E-state index in [1.807, 2.05) is 59.7 Å². The van der Waals surface area contributed by atoms with Crippen molar-refractivity contribution in [1.82, 2.24) is 5.32 Å². The van der Waals surface area contributed by atoms with Crippen LogP contribution in [0.15, 0.2) is 241 Å². The van der Waals surface area contributed by atoms with Crippen molar-refractivity contribution in [2.75, 3.05) is 26.4 Å². The first-order valence-corrected chi connectivity index (χ1v) is 47.4. The van der Waals surface area contributed by atoms with Crippen LogP contribution in [0.25, 0.3) is 4.85 Å². The SMILES string of the molecule is C.C.C.C.C.C.C#C.C#C.C#CC(C)(C)O.C#Cc1ccc(C#N)c(F)c1.C#Cc1ccc(C#N)c(F)c1.CC(C)(O)C#Cc1ccc(C#N)c(F)c1.CCOC(C)=O.CCOCC.CCc1ccc(C#N)c(F)c1.CCc1ccc(CN)c(F)c1.CCc1ccc(CN)c(F)c1.N#Cc1ccc(Br)cc1F.[2H][2H].[AlH3].[B][B].[C-]#[N+]CC(=O)NCc1ccc(CC)cc1F.[Cu][I].[H-].[Li+].[Ta].c1ccc([PH+](c2ccccc2)c2ccccc2)cc1. The van der Waals surface area contributed by atoms with Gasteiger partial charge in [0.25, 0.3) is 12.5 Å². The average Bonchev–Trinajstić information content (AvgIpc) is 0.816. The Morgan fingerprint density at radius 3 is 0.966 bits per heavy atom. The number of nitrogens with two attached hydrogens (primary N) is 2. The third-order valence-electron chi connectivity index (χ3n) is 16.7. The van der Waals surface area contributed by atoms with Crippen LogP contribution in [-0.2, 0) is 99.5 Å². The van der Waals surface area contributed by atoms with Crippen LogP contribution in [0.4, 0.5) is 35.1 Å². The number of nitrogens with zero attached hydrogens (tertiary/aromatic N) is 6. The number of aliphatic hydroxyl groups is 2. The number of rotatable bonds is 15. The van der Waals surface area contributed by atoms with Crippen LogP contribution in [0.5, 0.6) is 0 Å². The van der Waals surface area contributed by atoms with Crippen molar-refractivity contribution in [3.8, 4) is 105 Å². The van der Waals surface area contributed by atoms with Gasteiger partial charge in [-0.15, -0.1) is 45.0 Å². The van der Waals surface area contributed by atoms with Gasteiger partial charge in [-0.1, -0.05) is 215 Å². The molecule has 5 radical (unpaired) electrons. The number of esters is 1. The molecule has 0 aliphatic rings. The molecule has 0 aliphatic heterocycles. The maximum Gasteiger partial charge on any atom is 1.00 e. The van der Waals surface area contributed by atoms with E-state index in [9.17, 15) is 49.8 Å². The maximum atomic E-state index is 13.5. The number of nitrogens with one attached hydrogen (secondary N) is 1. The minimum Gasteiger partial charge on any atom is -1.00 e. The predicted octanol–water partition coefficient (Wildman–Crippen LogP) is 21.3. The topological polar surface area (TPSA) is 280 Å². The van der Waals surface area contributed by atoms with Gasteiger partial charge in [-0.3, -0.25) is 9.59 Å². The number of halogens is 10. The minimum absolute atomic E-state index is 0. The zero-order chi connectivity index (χ0) is 110. The fraction of sp³-hybridized carbons (Fsp3) is 0.265. The summed E-state index contributed by atoms with van der Waals surface area (Å²) in [6, 6.07) is 77.7. The van der Waals surface area contributed by atoms with E-state index in [1.165, 1.54) is 102 Å². The van der Waals surface area contributed by atoms with Crippen LogP contribution in [0.3, 0.4) is 0 Å². The van der Waals surface area contributed by atoms with Gasteiger partial charge in [-0.05, 0) is 236 Å². The van der Waals surface area contributed by atoms with Crippen molar-refractivity contribution < 1.29 is 123 Å². The summed E-state index contributed by atoms with van der Waals surface area (Å²) in [6.45, 7) is 30.4. The van der Waals surface area contributed by atoms with Gasteiger partial charge in [-0.25, -0.2) is 41.7 Å². The summed E-state index contributed by atoms with van der Waals surface area (Å²) in [5.74, 6) is 7.96. The van der Waals surface area contributed by atoms with Gasteiger partial charge in [0.2, 0.25) is 0 Å². The van der Waals surface area contributed by atoms with Crippen molar-refractivity contribution in [3.63, 3.8) is 0 Å². The maximum absolute atomic E-state index is 13.5. The molecule has 11 aromatic carbocycles. The third-order valence-corrected chi connectivity index (χ3v) is 20.0. The van der Waals surface area contributed by atoms with Gasteiger partial charge in [0, 0.05) is 118 Å². The van der Waals surface area contributed by atoms with Gasteiger partial charge < -0.3 is 42.7 Å². The Kier molecular flexibility index (Phi) is 116. The summed E-state index contributed by atoms with van der Waals surface area (Å²) >= 11 is 8.95. The van der Waals surface area contributed by atoms with Gasteiger partial charge in [0.1, 0.15) is 104 Å². The molecule has 0 fully saturated rings. The van der Waals surface area contributed by atoms with E-state index in [4.69, 9.17) is 76.4 Å². The molecule has 0 heterocycles. The van der Waals surface area contributed by atoms with Crippen LogP contribution >= 0.6 is 44.2 Å². The first kappa shape index (κ1) is 165. The summed E-state index contributed by atoms with van der Waals surface area (Å²) in [6.07, 6.45) is 34.1. The fourth-order valence-electron chi connectivity index (χ4n) is 9.70. The van der Waals surface area contributed by atoms with Gasteiger partial charge in [-0.2, -0.15) is 26.3 Å². The van der Waals surface area contributed by atoms with Crippen LogP contribution in [0.1, 0.15) is 215 Å². The van der Waals surface area contributed by atoms with E-state index in [0.717, 1.165) is 61.2 Å². The van der Waals surface area contributed by atoms with Crippen molar-refractivity contribution >= 4 is 105 Å². The molecule has 32 heteroatoms. The van der Waals surface area contributed by atoms with Crippen LogP contribution in [0.2, 0.25) is 0 Å². The molecular weight excluding hydrogens is 2320 g/mol. The monoisotopic (exact) mass is 2460 g/mol. The van der Waals surface area contributed by atoms with Crippen LogP contribution < -0.4 is 51.6 Å². The number of amides is 1. The van der Waals surface area contributed by atoms with E-state index < -0.39 is 48.2 Å². The molecular formula is C117H142AlB2BrCuF8ILiN9O6PTa+. The number of hydrogen-bond donors (Lipinski definition) is 5. The van der Waals surface area contributed by atoms with Crippen molar-refractivity contribution in [2.45, 2.75) is 184 Å². The molecule has 149 heavy (non-hydrogen) atoms. The Bertz CT molecular complexity index is 5830. The zero-order valence-electron chi connectivity index (χ0n) is 84.4. The Morgan fingerprint density at radius 1 is 0.477 bits per heavy atom. The number of carbonyl (C=O) groups excluding carboxylic acids is 2. The van der Waals surface area contributed by atoms with Gasteiger partial charge in [0.15, 0.2) is 17.4 Å². The summed E-state index contributed by atoms with van der Waals surface area (Å²) < 4.78 is 123. The van der Waals surface area contributed by atoms with E-state index in [0.29, 0.717) is 44.5 Å². The second kappa shape index (κ2) is 105. The summed E-state index contributed by atoms with van der Waals surface area (Å²) in [4.78, 5) is 23.8. The van der Waals surface area contributed by atoms with E-state index >= 15 is 0 Å². The molecule has 0 saturated heterocycles. The molecule has 11 aromatic rings. The van der Waals surface area contributed by atoms with E-state index in [1.54, 1.807) is 134 Å². The number of ether oxygens (including phenoxy) is 2. The number of aryl methyl sites for hydroxylation is 4. The Labute approximate surface area is 960 Å². The number of benzene rings is 11. The van der Waals surface area contributed by atoms with Crippen molar-refractivity contribution in [2.24, 2.45) is 11.5 Å². The Hall–Kier alpha value is -11.9. The Morgan fingerprint density at radius 2 is 0.745 bits per heavy atom. The molecule has 0 unspecified atom stereocenters. The molecule has 11 rings (SSSR count). The fourth-order valence-corrected chi connectivity index (χ4v) is 12.6. The molecule has 15 nitrogen and oxygen atoms in total. The number of hydrogen-bond acceptors (Lipinski definition) is 13. The van der Waals surface area contributed by atoms with Gasteiger partial charge >= 0.3 is 57.9 Å². The van der Waals surface area contributed by atoms with E-state index in [2.05, 4.69) is 205 Å². The second-order valence-corrected chi connectivity index (χ2v) is 31.2. The largest absolute Gasteiger partial charge is 1.00 e. The Balaban J connectivity index is -0.0000000947. The molecule has 0 aromatic heterocycles. The molecule has 7 N–H and O–H groups in total. The number of carbonyl (C=O) groups is 2. The number of terminal acetylenes is 5. The molecule has 791 valence electrons. The zero-order valence-corrected chi connectivity index (χ0v) is 90.3. The van der Waals surface area contributed by atoms with E-state index in [-0.39, 0.29) is 188 Å². The quantitative estimate of drug-likeness (QED) is 0.0122. The van der Waals surface area contributed by atoms with Crippen LogP contribution in [-0.4, -0.2) is 92.5 Å². The summed E-state index contributed by atoms with van der Waals surface area (Å²) in [7, 11) is 7.12. The number of nitriles is 5. The molecule has 0 aliphatic carbocycles. The molecule has 0 atom stereocenters. The normalized spacial score (nSPS) is 8.54. The second-order valence-electron chi connectivity index (χ2n) is 27.8. The standard InChI is InChI=1S/C18H15P.C12H13FN2O.C12H10FNO.2C9H12FN.C9H8FN.2C9H4FN.C7H3BrFN.C5H8O.C4H8O2.C4H10O.2C2H2.6CH4.Al.B2.Cu.HI.Li.Ta.H2.4H/c1-4-10-16(11-5-1)19(17-12-6-2-7-13-17)18-14-8-3-9-15-18;1-3-9-4-5-10(11(13)6-9)7-15-12(16)8-14-2;1-12(2,15)6-5-9-3-4-10(8-14)11(13)7-9;5*1-2-7-3-4-8(6-11)9(10)5-7;8-6-2-1-5(4-10)7(9)3-6;1-4-5(2,3)6;1-3-6-4(2)5;1-3-5-4-2;2*1-2;;;;;;;;1-2;;;;;;;;;/h1-15H;4-6H,3,7-8H2,1H3,(H,15,16);3-4,7,15H,1-2H3;2*3-5H,2,6,11H2,1H3;3-5H,2H2,1H3;2*1,3-5H;1-3H;1,6H,2-3H3;3H2,1-2H3;3-4H2,1-2H3;2*1-2H;6*1H4;;;;1H;;;1H;;;;/q;;;;;;;;;;;;;;;;;;;;;;+1;;+1;;;;;;-1/i;;;;;;;;;;;;;;;;;;;;;;;;;;1+1D;;;;. The summed E-state index contributed by atoms with van der Waals surface area (Å²) in [5.41, 5.74) is 15.6. The summed E-state index contributed by atoms with van der Waals surface area (Å²) in [5, 5.41) is 66.6. The minimum atomic E-state index is -1.11. The average molecular weight is 2460 g/mol. The first-order chi connectivity index (χ1) is 67.9. The smallest absolute Gasteiger partial charge is 1.00 e.